The Bertz CT molecular complexity index is 321. The first-order valence-corrected chi connectivity index (χ1v) is 7.69. The number of carbonyl (C=O) groups is 1. The van der Waals surface area contributed by atoms with Crippen LogP contribution in [0.5, 0.6) is 0 Å². The molecule has 0 bridgehead atoms. The van der Waals surface area contributed by atoms with E-state index in [1.807, 2.05) is 0 Å². The number of likely N-dealkylation sites (tertiary alicyclic amines) is 1. The monoisotopic (exact) mass is 268 g/mol. The molecule has 0 aromatic carbocycles. The molecule has 3 unspecified atom stereocenters. The van der Waals surface area contributed by atoms with Gasteiger partial charge in [0.15, 0.2) is 0 Å². The van der Waals surface area contributed by atoms with Crippen molar-refractivity contribution in [3.63, 3.8) is 0 Å². The first-order valence-electron chi connectivity index (χ1n) is 7.69. The van der Waals surface area contributed by atoms with Crippen molar-refractivity contribution in [3.05, 3.63) is 0 Å². The molecule has 1 saturated heterocycles. The maximum atomic E-state index is 12.2. The largest absolute Gasteiger partial charge is 0.468 e. The van der Waals surface area contributed by atoms with Crippen LogP contribution in [0.25, 0.3) is 0 Å². The first kappa shape index (κ1) is 14.8. The summed E-state index contributed by atoms with van der Waals surface area (Å²) in [5, 5.41) is 3.46. The van der Waals surface area contributed by atoms with E-state index in [9.17, 15) is 4.79 Å². The van der Waals surface area contributed by atoms with E-state index in [4.69, 9.17) is 4.74 Å². The standard InChI is InChI=1S/C15H28N2O2/c1-4-8-16-15(14(18)19-3)7-5-13(10-15)17-9-6-12(2)11-17/h12-13,16H,4-11H2,1-3H3. The van der Waals surface area contributed by atoms with E-state index in [2.05, 4.69) is 24.1 Å². The number of ether oxygens (including phenoxy) is 1. The molecule has 0 aromatic heterocycles. The fourth-order valence-corrected chi connectivity index (χ4v) is 3.61. The number of nitrogens with zero attached hydrogens (tertiary/aromatic N) is 1. The van der Waals surface area contributed by atoms with Gasteiger partial charge in [-0.3, -0.25) is 4.79 Å². The van der Waals surface area contributed by atoms with Crippen LogP contribution in [0.2, 0.25) is 0 Å². The lowest BCUT2D eigenvalue weighted by Crippen LogP contribution is -2.52. The second-order valence-corrected chi connectivity index (χ2v) is 6.29. The van der Waals surface area contributed by atoms with Crippen LogP contribution in [0.4, 0.5) is 0 Å². The third-order valence-corrected chi connectivity index (χ3v) is 4.75. The summed E-state index contributed by atoms with van der Waals surface area (Å²) in [5.74, 6) is 0.729. The van der Waals surface area contributed by atoms with Crippen molar-refractivity contribution < 1.29 is 9.53 Å². The zero-order valence-electron chi connectivity index (χ0n) is 12.6. The van der Waals surface area contributed by atoms with Crippen LogP contribution in [0.15, 0.2) is 0 Å². The van der Waals surface area contributed by atoms with E-state index in [0.717, 1.165) is 38.1 Å². The van der Waals surface area contributed by atoms with Gasteiger partial charge in [0.25, 0.3) is 0 Å². The van der Waals surface area contributed by atoms with Crippen LogP contribution in [-0.4, -0.2) is 49.2 Å². The second-order valence-electron chi connectivity index (χ2n) is 6.29. The third kappa shape index (κ3) is 3.11. The summed E-state index contributed by atoms with van der Waals surface area (Å²) in [5.41, 5.74) is -0.429. The Hall–Kier alpha value is -0.610. The van der Waals surface area contributed by atoms with Crippen molar-refractivity contribution in [2.24, 2.45) is 5.92 Å². The predicted molar refractivity (Wildman–Crippen MR) is 76.0 cm³/mol. The Balaban J connectivity index is 2.00. The summed E-state index contributed by atoms with van der Waals surface area (Å²) in [6, 6.07) is 0.549. The minimum atomic E-state index is -0.429. The van der Waals surface area contributed by atoms with E-state index >= 15 is 0 Å². The molecular weight excluding hydrogens is 240 g/mol. The maximum absolute atomic E-state index is 12.2. The second kappa shape index (κ2) is 6.23. The minimum Gasteiger partial charge on any atom is -0.468 e. The van der Waals surface area contributed by atoms with E-state index in [-0.39, 0.29) is 5.97 Å². The quantitative estimate of drug-likeness (QED) is 0.772. The zero-order chi connectivity index (χ0) is 13.9. The molecule has 1 saturated carbocycles. The van der Waals surface area contributed by atoms with Gasteiger partial charge in [-0.25, -0.2) is 0 Å². The average molecular weight is 268 g/mol. The third-order valence-electron chi connectivity index (χ3n) is 4.75. The number of methoxy groups -OCH3 is 1. The number of rotatable bonds is 5. The molecule has 19 heavy (non-hydrogen) atoms. The van der Waals surface area contributed by atoms with E-state index in [0.29, 0.717) is 6.04 Å². The van der Waals surface area contributed by atoms with Gasteiger partial charge in [-0.05, 0) is 51.1 Å². The Kier molecular flexibility index (Phi) is 4.85. The Labute approximate surface area is 116 Å². The van der Waals surface area contributed by atoms with Crippen molar-refractivity contribution in [1.82, 2.24) is 10.2 Å². The normalized spacial score (nSPS) is 35.7. The molecule has 2 rings (SSSR count). The summed E-state index contributed by atoms with van der Waals surface area (Å²) in [4.78, 5) is 14.7. The highest BCUT2D eigenvalue weighted by atomic mass is 16.5. The summed E-state index contributed by atoms with van der Waals surface area (Å²) < 4.78 is 5.05. The maximum Gasteiger partial charge on any atom is 0.326 e. The van der Waals surface area contributed by atoms with Gasteiger partial charge in [0.2, 0.25) is 0 Å². The molecule has 0 spiro atoms. The van der Waals surface area contributed by atoms with Gasteiger partial charge < -0.3 is 15.0 Å². The number of nitrogens with one attached hydrogen (secondary N) is 1. The fourth-order valence-electron chi connectivity index (χ4n) is 3.61. The van der Waals surface area contributed by atoms with Gasteiger partial charge in [0, 0.05) is 12.6 Å². The molecular formula is C15H28N2O2. The highest BCUT2D eigenvalue weighted by Gasteiger charge is 2.47. The van der Waals surface area contributed by atoms with Crippen molar-refractivity contribution >= 4 is 5.97 Å². The molecule has 1 N–H and O–H groups in total. The summed E-state index contributed by atoms with van der Waals surface area (Å²) in [7, 11) is 1.50. The molecule has 2 fully saturated rings. The van der Waals surface area contributed by atoms with E-state index in [1.54, 1.807) is 0 Å². The molecule has 4 nitrogen and oxygen atoms in total. The van der Waals surface area contributed by atoms with Crippen LogP contribution >= 0.6 is 0 Å². The van der Waals surface area contributed by atoms with Gasteiger partial charge in [-0.1, -0.05) is 13.8 Å². The predicted octanol–water partition coefficient (Wildman–Crippen LogP) is 1.79. The molecule has 1 aliphatic heterocycles. The fraction of sp³-hybridized carbons (Fsp3) is 0.933. The summed E-state index contributed by atoms with van der Waals surface area (Å²) >= 11 is 0. The van der Waals surface area contributed by atoms with Crippen molar-refractivity contribution in [3.8, 4) is 0 Å². The summed E-state index contributed by atoms with van der Waals surface area (Å²) in [6.07, 6.45) is 5.27. The lowest BCUT2D eigenvalue weighted by molar-refractivity contribution is -0.148. The lowest BCUT2D eigenvalue weighted by Gasteiger charge is -2.30. The van der Waals surface area contributed by atoms with Gasteiger partial charge in [-0.15, -0.1) is 0 Å². The highest BCUT2D eigenvalue weighted by molar-refractivity contribution is 5.81. The number of hydrogen-bond donors (Lipinski definition) is 1. The molecule has 3 atom stereocenters. The van der Waals surface area contributed by atoms with Crippen LogP contribution in [-0.2, 0) is 9.53 Å². The topological polar surface area (TPSA) is 41.6 Å². The van der Waals surface area contributed by atoms with E-state index < -0.39 is 5.54 Å². The Morgan fingerprint density at radius 2 is 2.26 bits per heavy atom. The molecule has 4 heteroatoms. The van der Waals surface area contributed by atoms with Gasteiger partial charge >= 0.3 is 5.97 Å². The molecule has 110 valence electrons. The number of carbonyl (C=O) groups excluding carboxylic acids is 1. The molecule has 2 aliphatic rings. The highest BCUT2D eigenvalue weighted by Crippen LogP contribution is 2.36. The SMILES string of the molecule is CCCNC1(C(=O)OC)CCC(N2CCC(C)C2)C1. The molecule has 0 amide bonds. The summed E-state index contributed by atoms with van der Waals surface area (Å²) in [6.45, 7) is 7.72. The number of esters is 1. The van der Waals surface area contributed by atoms with Crippen LogP contribution in [0.3, 0.4) is 0 Å². The van der Waals surface area contributed by atoms with Gasteiger partial charge in [-0.2, -0.15) is 0 Å². The minimum absolute atomic E-state index is 0.0734. The van der Waals surface area contributed by atoms with Crippen molar-refractivity contribution in [2.45, 2.75) is 57.5 Å². The zero-order valence-corrected chi connectivity index (χ0v) is 12.6. The van der Waals surface area contributed by atoms with Crippen LogP contribution in [0, 0.1) is 5.92 Å². The Morgan fingerprint density at radius 1 is 1.47 bits per heavy atom. The Morgan fingerprint density at radius 3 is 2.84 bits per heavy atom. The first-order chi connectivity index (χ1) is 9.11. The molecule has 1 aliphatic carbocycles. The van der Waals surface area contributed by atoms with Crippen molar-refractivity contribution in [2.75, 3.05) is 26.7 Å². The smallest absolute Gasteiger partial charge is 0.326 e. The number of hydrogen-bond acceptors (Lipinski definition) is 4. The molecule has 0 aromatic rings. The lowest BCUT2D eigenvalue weighted by atomic mass is 9.97. The van der Waals surface area contributed by atoms with Crippen molar-refractivity contribution in [1.29, 1.82) is 0 Å². The molecule has 0 radical (unpaired) electrons. The average Bonchev–Trinajstić information content (AvgIpc) is 3.02. The van der Waals surface area contributed by atoms with Crippen LogP contribution < -0.4 is 5.32 Å². The van der Waals surface area contributed by atoms with Gasteiger partial charge in [0.1, 0.15) is 5.54 Å². The van der Waals surface area contributed by atoms with E-state index in [1.165, 1.54) is 26.6 Å². The molecule has 1 heterocycles. The van der Waals surface area contributed by atoms with Crippen LogP contribution in [0.1, 0.15) is 46.0 Å². The van der Waals surface area contributed by atoms with Gasteiger partial charge in [0.05, 0.1) is 7.11 Å².